The molecule has 0 spiro atoms. The molecule has 0 radical (unpaired) electrons. The molecule has 0 saturated carbocycles. The third kappa shape index (κ3) is 5.07. The third-order valence-electron chi connectivity index (χ3n) is 2.92. The normalized spacial score (nSPS) is 22.1. The predicted octanol–water partition coefficient (Wildman–Crippen LogP) is -0.264. The van der Waals surface area contributed by atoms with Gasteiger partial charge in [0.2, 0.25) is 10.0 Å². The van der Waals surface area contributed by atoms with Crippen LogP contribution in [0, 0.1) is 0 Å². The number of hydrogen-bond acceptors (Lipinski definition) is 6. The molecule has 0 aromatic carbocycles. The van der Waals surface area contributed by atoms with Gasteiger partial charge in [0.15, 0.2) is 14.9 Å². The third-order valence-corrected chi connectivity index (χ3v) is 7.02. The highest BCUT2D eigenvalue weighted by Crippen LogP contribution is 2.24. The van der Waals surface area contributed by atoms with Gasteiger partial charge in [-0.05, 0) is 12.8 Å². The molecule has 1 aliphatic rings. The first-order chi connectivity index (χ1) is 8.65. The molecule has 7 nitrogen and oxygen atoms in total. The standard InChI is InChI=1S/C10H19NO6S2/c1-17-10(12)7-9-5-3-4-6-11(9)19(15,16)8-18(2,13)14/h9H,3-8H2,1-2H3. The summed E-state index contributed by atoms with van der Waals surface area (Å²) in [5.74, 6) is -0.494. The van der Waals surface area contributed by atoms with Crippen molar-refractivity contribution < 1.29 is 26.4 Å². The van der Waals surface area contributed by atoms with Gasteiger partial charge in [0.1, 0.15) is 0 Å². The topological polar surface area (TPSA) is 97.8 Å². The molecule has 1 unspecified atom stereocenters. The SMILES string of the molecule is COC(=O)CC1CCCCN1S(=O)(=O)CS(C)(=O)=O. The van der Waals surface area contributed by atoms with E-state index in [1.807, 2.05) is 0 Å². The Hall–Kier alpha value is -0.670. The summed E-state index contributed by atoms with van der Waals surface area (Å²) in [4.78, 5) is 11.3. The summed E-state index contributed by atoms with van der Waals surface area (Å²) < 4.78 is 52.2. The number of piperidine rings is 1. The smallest absolute Gasteiger partial charge is 0.307 e. The summed E-state index contributed by atoms with van der Waals surface area (Å²) in [6.45, 7) is 0.250. The maximum atomic E-state index is 12.1. The van der Waals surface area contributed by atoms with E-state index in [1.165, 1.54) is 7.11 Å². The molecular formula is C10H19NO6S2. The molecule has 0 N–H and O–H groups in total. The highest BCUT2D eigenvalue weighted by atomic mass is 32.3. The van der Waals surface area contributed by atoms with Crippen molar-refractivity contribution in [1.82, 2.24) is 4.31 Å². The van der Waals surface area contributed by atoms with Crippen molar-refractivity contribution in [3.8, 4) is 0 Å². The zero-order chi connectivity index (χ0) is 14.7. The molecule has 1 heterocycles. The minimum absolute atomic E-state index is 0.0422. The Morgan fingerprint density at radius 2 is 1.89 bits per heavy atom. The Labute approximate surface area is 113 Å². The van der Waals surface area contributed by atoms with Crippen LogP contribution < -0.4 is 0 Å². The van der Waals surface area contributed by atoms with E-state index in [1.54, 1.807) is 0 Å². The maximum absolute atomic E-state index is 12.1. The molecule has 0 bridgehead atoms. The van der Waals surface area contributed by atoms with Crippen molar-refractivity contribution in [3.05, 3.63) is 0 Å². The lowest BCUT2D eigenvalue weighted by Crippen LogP contribution is -2.46. The van der Waals surface area contributed by atoms with E-state index >= 15 is 0 Å². The van der Waals surface area contributed by atoms with Crippen LogP contribution in [0.2, 0.25) is 0 Å². The van der Waals surface area contributed by atoms with Crippen molar-refractivity contribution in [2.75, 3.05) is 25.0 Å². The summed E-state index contributed by atoms with van der Waals surface area (Å²) in [6, 6.07) is -0.507. The van der Waals surface area contributed by atoms with Crippen molar-refractivity contribution in [2.45, 2.75) is 31.7 Å². The van der Waals surface area contributed by atoms with E-state index in [0.717, 1.165) is 17.0 Å². The van der Waals surface area contributed by atoms with Gasteiger partial charge in [-0.1, -0.05) is 6.42 Å². The first-order valence-corrected chi connectivity index (χ1v) is 9.57. The molecule has 0 amide bonds. The first-order valence-electron chi connectivity index (χ1n) is 5.90. The van der Waals surface area contributed by atoms with Crippen LogP contribution >= 0.6 is 0 Å². The molecule has 19 heavy (non-hydrogen) atoms. The number of carbonyl (C=O) groups is 1. The Morgan fingerprint density at radius 1 is 1.26 bits per heavy atom. The first kappa shape index (κ1) is 16.4. The second-order valence-corrected chi connectivity index (χ2v) is 9.12. The molecule has 1 atom stereocenters. The summed E-state index contributed by atoms with van der Waals surface area (Å²) >= 11 is 0. The van der Waals surface area contributed by atoms with E-state index in [2.05, 4.69) is 4.74 Å². The molecule has 9 heteroatoms. The summed E-state index contributed by atoms with van der Waals surface area (Å²) in [6.07, 6.45) is 2.86. The van der Waals surface area contributed by atoms with Crippen LogP contribution in [0.3, 0.4) is 0 Å². The molecule has 1 aliphatic heterocycles. The van der Waals surface area contributed by atoms with Gasteiger partial charge in [-0.15, -0.1) is 0 Å². The van der Waals surface area contributed by atoms with Crippen LogP contribution in [0.15, 0.2) is 0 Å². The molecule has 0 aromatic rings. The molecule has 0 aromatic heterocycles. The van der Waals surface area contributed by atoms with E-state index in [-0.39, 0.29) is 13.0 Å². The number of hydrogen-bond donors (Lipinski definition) is 0. The zero-order valence-electron chi connectivity index (χ0n) is 11.0. The fraction of sp³-hybridized carbons (Fsp3) is 0.900. The van der Waals surface area contributed by atoms with E-state index in [4.69, 9.17) is 0 Å². The van der Waals surface area contributed by atoms with Gasteiger partial charge in [0.25, 0.3) is 0 Å². The lowest BCUT2D eigenvalue weighted by molar-refractivity contribution is -0.141. The van der Waals surface area contributed by atoms with Crippen molar-refractivity contribution in [2.24, 2.45) is 0 Å². The Kier molecular flexibility index (Phi) is 5.34. The van der Waals surface area contributed by atoms with Crippen LogP contribution in [-0.2, 0) is 29.4 Å². The molecule has 0 aliphatic carbocycles. The van der Waals surface area contributed by atoms with E-state index in [9.17, 15) is 21.6 Å². The van der Waals surface area contributed by atoms with E-state index in [0.29, 0.717) is 12.8 Å². The quantitative estimate of drug-likeness (QED) is 0.648. The lowest BCUT2D eigenvalue weighted by Gasteiger charge is -2.33. The predicted molar refractivity (Wildman–Crippen MR) is 69.6 cm³/mol. The van der Waals surface area contributed by atoms with Gasteiger partial charge >= 0.3 is 5.97 Å². The minimum Gasteiger partial charge on any atom is -0.469 e. The average molecular weight is 313 g/mol. The number of methoxy groups -OCH3 is 1. The van der Waals surface area contributed by atoms with Crippen LogP contribution in [0.4, 0.5) is 0 Å². The minimum atomic E-state index is -3.91. The highest BCUT2D eigenvalue weighted by molar-refractivity contribution is 8.06. The van der Waals surface area contributed by atoms with Crippen molar-refractivity contribution in [1.29, 1.82) is 0 Å². The number of esters is 1. The average Bonchev–Trinajstić information content (AvgIpc) is 2.26. The highest BCUT2D eigenvalue weighted by Gasteiger charge is 2.35. The summed E-state index contributed by atoms with van der Waals surface area (Å²) in [5, 5.41) is -0.919. The van der Waals surface area contributed by atoms with Crippen LogP contribution in [0.25, 0.3) is 0 Å². The monoisotopic (exact) mass is 313 g/mol. The molecule has 112 valence electrons. The fourth-order valence-electron chi connectivity index (χ4n) is 2.16. The Balaban J connectivity index is 2.90. The fourth-order valence-corrected chi connectivity index (χ4v) is 5.91. The Morgan fingerprint density at radius 3 is 2.42 bits per heavy atom. The number of carbonyl (C=O) groups excluding carboxylic acids is 1. The largest absolute Gasteiger partial charge is 0.469 e. The molecule has 1 rings (SSSR count). The van der Waals surface area contributed by atoms with Gasteiger partial charge in [-0.3, -0.25) is 4.79 Å². The van der Waals surface area contributed by atoms with Gasteiger partial charge in [-0.2, -0.15) is 4.31 Å². The van der Waals surface area contributed by atoms with Crippen molar-refractivity contribution in [3.63, 3.8) is 0 Å². The van der Waals surface area contributed by atoms with Gasteiger partial charge in [0.05, 0.1) is 13.5 Å². The lowest BCUT2D eigenvalue weighted by atomic mass is 10.0. The van der Waals surface area contributed by atoms with Crippen LogP contribution in [0.5, 0.6) is 0 Å². The Bertz CT molecular complexity index is 524. The second kappa shape index (κ2) is 6.19. The van der Waals surface area contributed by atoms with Crippen molar-refractivity contribution >= 4 is 25.8 Å². The summed E-state index contributed by atoms with van der Waals surface area (Å²) in [7, 11) is -6.30. The summed E-state index contributed by atoms with van der Waals surface area (Å²) in [5.41, 5.74) is 0. The number of rotatable bonds is 5. The van der Waals surface area contributed by atoms with Gasteiger partial charge in [-0.25, -0.2) is 16.8 Å². The second-order valence-electron chi connectivity index (χ2n) is 4.70. The number of ether oxygens (including phenoxy) is 1. The molecule has 1 saturated heterocycles. The van der Waals surface area contributed by atoms with Crippen LogP contribution in [-0.4, -0.2) is 58.1 Å². The van der Waals surface area contributed by atoms with E-state index < -0.39 is 37.0 Å². The molecule has 1 fully saturated rings. The maximum Gasteiger partial charge on any atom is 0.307 e. The molecular weight excluding hydrogens is 294 g/mol. The number of sulfone groups is 1. The van der Waals surface area contributed by atoms with Gasteiger partial charge in [0, 0.05) is 18.8 Å². The van der Waals surface area contributed by atoms with Gasteiger partial charge < -0.3 is 4.74 Å². The zero-order valence-corrected chi connectivity index (χ0v) is 12.7. The van der Waals surface area contributed by atoms with Crippen LogP contribution in [0.1, 0.15) is 25.7 Å². The number of sulfonamides is 1. The number of nitrogens with zero attached hydrogens (tertiary/aromatic N) is 1.